The van der Waals surface area contributed by atoms with Crippen LogP contribution in [-0.2, 0) is 23.8 Å². The minimum atomic E-state index is -0.774. The number of carbonyl (C=O) groups excluding carboxylic acids is 3. The van der Waals surface area contributed by atoms with E-state index in [1.54, 1.807) is 36.4 Å². The van der Waals surface area contributed by atoms with Crippen LogP contribution in [0.4, 0.5) is 0 Å². The molecule has 7 nitrogen and oxygen atoms in total. The van der Waals surface area contributed by atoms with Gasteiger partial charge in [-0.2, -0.15) is 0 Å². The summed E-state index contributed by atoms with van der Waals surface area (Å²) in [7, 11) is 1.28. The topological polar surface area (TPSA) is 90.9 Å². The zero-order valence-corrected chi connectivity index (χ0v) is 15.9. The van der Waals surface area contributed by atoms with E-state index in [0.717, 1.165) is 0 Å². The summed E-state index contributed by atoms with van der Waals surface area (Å²) in [5, 5.41) is 2.78. The zero-order valence-electron chi connectivity index (χ0n) is 15.9. The summed E-state index contributed by atoms with van der Waals surface area (Å²) < 4.78 is 16.3. The summed E-state index contributed by atoms with van der Waals surface area (Å²) in [6, 6.07) is 7.91. The molecule has 1 N–H and O–H groups in total. The molecule has 0 aromatic heterocycles. The molecule has 0 spiro atoms. The summed E-state index contributed by atoms with van der Waals surface area (Å²) in [6.07, 6.45) is 0.174. The predicted molar refractivity (Wildman–Crippen MR) is 98.0 cm³/mol. The first-order chi connectivity index (χ1) is 12.8. The number of esters is 2. The Kier molecular flexibility index (Phi) is 7.12. The van der Waals surface area contributed by atoms with Crippen LogP contribution >= 0.6 is 0 Å². The van der Waals surface area contributed by atoms with Crippen LogP contribution in [0.3, 0.4) is 0 Å². The van der Waals surface area contributed by atoms with Crippen molar-refractivity contribution in [2.24, 2.45) is 0 Å². The molecule has 0 heterocycles. The Labute approximate surface area is 158 Å². The lowest BCUT2D eigenvalue weighted by atomic mass is 9.89. The maximum Gasteiger partial charge on any atom is 0.338 e. The fraction of sp³-hybridized carbons (Fsp3) is 0.450. The molecule has 0 bridgehead atoms. The molecule has 0 fully saturated rings. The standard InChI is InChI=1S/C20H25NO6/c1-12(2)26-16-10-15(19(23)25-4)11-17(18(16)21-13(3)22)27-20(24)14-8-6-5-7-9-14/h5-10,12,16-18H,11H2,1-4H3,(H,21,22). The van der Waals surface area contributed by atoms with Crippen molar-refractivity contribution >= 4 is 17.8 Å². The first kappa shape index (κ1) is 20.6. The van der Waals surface area contributed by atoms with Gasteiger partial charge in [0.25, 0.3) is 0 Å². The van der Waals surface area contributed by atoms with Gasteiger partial charge in [0.05, 0.1) is 24.8 Å². The van der Waals surface area contributed by atoms with E-state index < -0.39 is 30.2 Å². The molecule has 0 saturated heterocycles. The van der Waals surface area contributed by atoms with Crippen molar-refractivity contribution in [3.05, 3.63) is 47.5 Å². The van der Waals surface area contributed by atoms with E-state index in [-0.39, 0.29) is 18.4 Å². The number of methoxy groups -OCH3 is 1. The van der Waals surface area contributed by atoms with Crippen molar-refractivity contribution < 1.29 is 28.6 Å². The Morgan fingerprint density at radius 3 is 2.33 bits per heavy atom. The van der Waals surface area contributed by atoms with E-state index >= 15 is 0 Å². The normalized spacial score (nSPS) is 22.0. The quantitative estimate of drug-likeness (QED) is 0.765. The molecular formula is C20H25NO6. The second-order valence-electron chi connectivity index (χ2n) is 6.57. The smallest absolute Gasteiger partial charge is 0.338 e. The number of benzene rings is 1. The molecule has 2 rings (SSSR count). The third kappa shape index (κ3) is 5.65. The van der Waals surface area contributed by atoms with E-state index in [0.29, 0.717) is 11.1 Å². The fourth-order valence-corrected chi connectivity index (χ4v) is 2.95. The monoisotopic (exact) mass is 375 g/mol. The molecular weight excluding hydrogens is 350 g/mol. The first-order valence-electron chi connectivity index (χ1n) is 8.79. The van der Waals surface area contributed by atoms with Crippen LogP contribution in [0, 0.1) is 0 Å². The highest BCUT2D eigenvalue weighted by molar-refractivity contribution is 5.91. The lowest BCUT2D eigenvalue weighted by molar-refractivity contribution is -0.137. The molecule has 1 aromatic carbocycles. The number of rotatable bonds is 6. The molecule has 1 aliphatic carbocycles. The van der Waals surface area contributed by atoms with Crippen LogP contribution in [0.2, 0.25) is 0 Å². The lowest BCUT2D eigenvalue weighted by Gasteiger charge is -2.37. The van der Waals surface area contributed by atoms with Crippen molar-refractivity contribution in [2.75, 3.05) is 7.11 Å². The summed E-state index contributed by atoms with van der Waals surface area (Å²) >= 11 is 0. The molecule has 0 saturated carbocycles. The van der Waals surface area contributed by atoms with Gasteiger partial charge in [-0.25, -0.2) is 9.59 Å². The van der Waals surface area contributed by atoms with E-state index in [1.807, 2.05) is 13.8 Å². The molecule has 3 atom stereocenters. The Hall–Kier alpha value is -2.67. The number of carbonyl (C=O) groups is 3. The van der Waals surface area contributed by atoms with Gasteiger partial charge in [0.1, 0.15) is 12.2 Å². The number of hydrogen-bond acceptors (Lipinski definition) is 6. The Bertz CT molecular complexity index is 712. The number of hydrogen-bond donors (Lipinski definition) is 1. The molecule has 27 heavy (non-hydrogen) atoms. The minimum Gasteiger partial charge on any atom is -0.466 e. The van der Waals surface area contributed by atoms with Gasteiger partial charge in [-0.15, -0.1) is 0 Å². The van der Waals surface area contributed by atoms with Crippen LogP contribution in [-0.4, -0.2) is 49.3 Å². The van der Waals surface area contributed by atoms with E-state index in [9.17, 15) is 14.4 Å². The molecule has 146 valence electrons. The van der Waals surface area contributed by atoms with Gasteiger partial charge in [0.2, 0.25) is 5.91 Å². The molecule has 3 unspecified atom stereocenters. The highest BCUT2D eigenvalue weighted by Gasteiger charge is 2.39. The molecule has 1 amide bonds. The Morgan fingerprint density at radius 2 is 1.78 bits per heavy atom. The maximum atomic E-state index is 12.5. The van der Waals surface area contributed by atoms with Gasteiger partial charge in [-0.3, -0.25) is 4.79 Å². The molecule has 1 aromatic rings. The Morgan fingerprint density at radius 1 is 1.11 bits per heavy atom. The van der Waals surface area contributed by atoms with Crippen LogP contribution in [0.25, 0.3) is 0 Å². The average Bonchev–Trinajstić information content (AvgIpc) is 2.63. The second-order valence-corrected chi connectivity index (χ2v) is 6.57. The molecule has 0 aliphatic heterocycles. The summed E-state index contributed by atoms with van der Waals surface area (Å²) in [6.45, 7) is 5.06. The average molecular weight is 375 g/mol. The van der Waals surface area contributed by atoms with E-state index in [2.05, 4.69) is 5.32 Å². The van der Waals surface area contributed by atoms with Crippen molar-refractivity contribution in [1.82, 2.24) is 5.32 Å². The van der Waals surface area contributed by atoms with Gasteiger partial charge in [0, 0.05) is 18.9 Å². The van der Waals surface area contributed by atoms with E-state index in [1.165, 1.54) is 14.0 Å². The maximum absolute atomic E-state index is 12.5. The van der Waals surface area contributed by atoms with Crippen molar-refractivity contribution in [3.63, 3.8) is 0 Å². The third-order valence-electron chi connectivity index (χ3n) is 4.06. The fourth-order valence-electron chi connectivity index (χ4n) is 2.95. The predicted octanol–water partition coefficient (Wildman–Crippen LogP) is 2.01. The van der Waals surface area contributed by atoms with Crippen molar-refractivity contribution in [2.45, 2.75) is 51.5 Å². The van der Waals surface area contributed by atoms with Gasteiger partial charge in [0.15, 0.2) is 0 Å². The van der Waals surface area contributed by atoms with Gasteiger partial charge in [-0.05, 0) is 32.1 Å². The lowest BCUT2D eigenvalue weighted by Crippen LogP contribution is -2.55. The second kappa shape index (κ2) is 9.32. The Balaban J connectivity index is 2.32. The zero-order chi connectivity index (χ0) is 20.0. The molecule has 1 aliphatic rings. The van der Waals surface area contributed by atoms with E-state index in [4.69, 9.17) is 14.2 Å². The van der Waals surface area contributed by atoms with Crippen LogP contribution in [0.1, 0.15) is 37.6 Å². The van der Waals surface area contributed by atoms with Crippen LogP contribution < -0.4 is 5.32 Å². The highest BCUT2D eigenvalue weighted by atomic mass is 16.6. The van der Waals surface area contributed by atoms with Gasteiger partial charge >= 0.3 is 11.9 Å². The third-order valence-corrected chi connectivity index (χ3v) is 4.06. The summed E-state index contributed by atoms with van der Waals surface area (Å²) in [5.41, 5.74) is 0.727. The SMILES string of the molecule is COC(=O)C1=CC(OC(C)C)C(NC(C)=O)C(OC(=O)c2ccccc2)C1. The number of ether oxygens (including phenoxy) is 3. The largest absolute Gasteiger partial charge is 0.466 e. The van der Waals surface area contributed by atoms with Gasteiger partial charge < -0.3 is 19.5 Å². The summed E-state index contributed by atoms with van der Waals surface area (Å²) in [4.78, 5) is 36.3. The van der Waals surface area contributed by atoms with Crippen molar-refractivity contribution in [1.29, 1.82) is 0 Å². The molecule has 0 radical (unpaired) electrons. The van der Waals surface area contributed by atoms with Crippen LogP contribution in [0.5, 0.6) is 0 Å². The molecule has 7 heteroatoms. The summed E-state index contributed by atoms with van der Waals surface area (Å²) in [5.74, 6) is -1.34. The minimum absolute atomic E-state index is 0.119. The highest BCUT2D eigenvalue weighted by Crippen LogP contribution is 2.27. The van der Waals surface area contributed by atoms with Gasteiger partial charge in [-0.1, -0.05) is 18.2 Å². The first-order valence-corrected chi connectivity index (χ1v) is 8.79. The van der Waals surface area contributed by atoms with Crippen molar-refractivity contribution in [3.8, 4) is 0 Å². The number of nitrogens with one attached hydrogen (secondary N) is 1. The van der Waals surface area contributed by atoms with Crippen LogP contribution in [0.15, 0.2) is 42.0 Å². The number of amides is 1.